The van der Waals surface area contributed by atoms with E-state index in [0.717, 1.165) is 18.8 Å². The van der Waals surface area contributed by atoms with Crippen LogP contribution in [-0.4, -0.2) is 61.5 Å². The summed E-state index contributed by atoms with van der Waals surface area (Å²) < 4.78 is 28.1. The highest BCUT2D eigenvalue weighted by atomic mass is 16.5. The van der Waals surface area contributed by atoms with E-state index in [0.29, 0.717) is 11.0 Å². The van der Waals surface area contributed by atoms with Gasteiger partial charge in [0.2, 0.25) is 35.4 Å². The molecule has 13 heteroatoms. The second-order valence-corrected chi connectivity index (χ2v) is 8.34. The lowest BCUT2D eigenvalue weighted by atomic mass is 9.86. The highest BCUT2D eigenvalue weighted by Gasteiger charge is 2.36. The molecule has 0 fully saturated rings. The summed E-state index contributed by atoms with van der Waals surface area (Å²) >= 11 is 0. The molecule has 4 rings (SSSR count). The second-order valence-electron chi connectivity index (χ2n) is 8.34. The van der Waals surface area contributed by atoms with Crippen LogP contribution in [0.2, 0.25) is 0 Å². The molecule has 4 aromatic rings. The zero-order valence-electron chi connectivity index (χ0n) is 22.6. The fourth-order valence-electron chi connectivity index (χ4n) is 4.56. The summed E-state index contributed by atoms with van der Waals surface area (Å²) in [5.74, 6) is -0.989. The number of nitrogen functional groups attached to an aromatic ring is 2. The maximum Gasteiger partial charge on any atom is 0.340 e. The molecule has 1 aromatic carbocycles. The normalized spacial score (nSPS) is 11.1. The van der Waals surface area contributed by atoms with Crippen molar-refractivity contribution in [3.8, 4) is 23.5 Å². The number of methoxy groups -OCH3 is 4. The van der Waals surface area contributed by atoms with Gasteiger partial charge in [0.25, 0.3) is 0 Å². The first-order chi connectivity index (χ1) is 18.8. The standard InChI is InChI=1S/C26H31N7O6/c1-7-33(8-2)14-10-9-13-11-15(24(34)39-16(13)12-14)17(18-20(35-3)29-25(27)30-21(18)36-4)19-22(37-5)31-26(28)32-23(19)38-6/h9-12,17H,7-8H2,1-6H3,(H2,27,29,30)(H2,28,31,32). The molecule has 3 heterocycles. The maximum absolute atomic E-state index is 13.7. The molecule has 3 aromatic heterocycles. The van der Waals surface area contributed by atoms with Crippen LogP contribution in [-0.2, 0) is 0 Å². The van der Waals surface area contributed by atoms with Gasteiger partial charge in [-0.2, -0.15) is 19.9 Å². The summed E-state index contributed by atoms with van der Waals surface area (Å²) in [6, 6.07) is 7.40. The van der Waals surface area contributed by atoms with Gasteiger partial charge in [-0.1, -0.05) is 0 Å². The largest absolute Gasteiger partial charge is 0.481 e. The van der Waals surface area contributed by atoms with Crippen molar-refractivity contribution in [3.05, 3.63) is 51.4 Å². The molecule has 0 aliphatic heterocycles. The molecule has 13 nitrogen and oxygen atoms in total. The van der Waals surface area contributed by atoms with E-state index in [1.807, 2.05) is 18.2 Å². The molecule has 39 heavy (non-hydrogen) atoms. The number of anilines is 3. The number of fused-ring (bicyclic) bond motifs is 1. The quantitative estimate of drug-likeness (QED) is 0.283. The van der Waals surface area contributed by atoms with Crippen LogP contribution in [0, 0.1) is 0 Å². The Hall–Kier alpha value is -4.81. The van der Waals surface area contributed by atoms with Gasteiger partial charge in [0.15, 0.2) is 0 Å². The first-order valence-electron chi connectivity index (χ1n) is 12.1. The minimum Gasteiger partial charge on any atom is -0.481 e. The summed E-state index contributed by atoms with van der Waals surface area (Å²) in [5, 5.41) is 0.675. The van der Waals surface area contributed by atoms with E-state index in [1.54, 1.807) is 6.07 Å². The van der Waals surface area contributed by atoms with Gasteiger partial charge in [-0.3, -0.25) is 0 Å². The smallest absolute Gasteiger partial charge is 0.340 e. The first kappa shape index (κ1) is 27.2. The van der Waals surface area contributed by atoms with Crippen molar-refractivity contribution < 1.29 is 23.4 Å². The fourth-order valence-corrected chi connectivity index (χ4v) is 4.56. The van der Waals surface area contributed by atoms with E-state index in [1.165, 1.54) is 28.4 Å². The van der Waals surface area contributed by atoms with Crippen molar-refractivity contribution >= 4 is 28.6 Å². The highest BCUT2D eigenvalue weighted by molar-refractivity contribution is 5.81. The van der Waals surface area contributed by atoms with Crippen molar-refractivity contribution in [2.75, 3.05) is 57.9 Å². The topological polar surface area (TPSA) is 174 Å². The molecular formula is C26H31N7O6. The molecule has 0 bridgehead atoms. The zero-order chi connectivity index (χ0) is 28.3. The summed E-state index contributed by atoms with van der Waals surface area (Å²) in [7, 11) is 5.64. The van der Waals surface area contributed by atoms with Gasteiger partial charge in [-0.25, -0.2) is 4.79 Å². The lowest BCUT2D eigenvalue weighted by molar-refractivity contribution is 0.350. The third-order valence-corrected chi connectivity index (χ3v) is 6.32. The van der Waals surface area contributed by atoms with E-state index in [2.05, 4.69) is 38.7 Å². The fraction of sp³-hybridized carbons (Fsp3) is 0.346. The predicted octanol–water partition coefficient (Wildman–Crippen LogP) is 2.60. The van der Waals surface area contributed by atoms with E-state index in [4.69, 9.17) is 34.8 Å². The van der Waals surface area contributed by atoms with Gasteiger partial charge in [0.05, 0.1) is 51.0 Å². The summed E-state index contributed by atoms with van der Waals surface area (Å²) in [6.07, 6.45) is 0. The Balaban J connectivity index is 2.10. The number of hydrogen-bond acceptors (Lipinski definition) is 13. The van der Waals surface area contributed by atoms with Gasteiger partial charge in [-0.15, -0.1) is 0 Å². The molecule has 206 valence electrons. The maximum atomic E-state index is 13.7. The Morgan fingerprint density at radius 2 is 1.26 bits per heavy atom. The molecule has 0 unspecified atom stereocenters. The number of nitrogens with two attached hydrogens (primary N) is 2. The number of rotatable bonds is 10. The van der Waals surface area contributed by atoms with Crippen LogP contribution >= 0.6 is 0 Å². The van der Waals surface area contributed by atoms with Crippen LogP contribution in [0.25, 0.3) is 11.0 Å². The molecular weight excluding hydrogens is 506 g/mol. The molecule has 0 aliphatic rings. The van der Waals surface area contributed by atoms with Crippen LogP contribution in [0.5, 0.6) is 23.5 Å². The van der Waals surface area contributed by atoms with Gasteiger partial charge in [-0.05, 0) is 32.0 Å². The number of hydrogen-bond donors (Lipinski definition) is 2. The molecule has 4 N–H and O–H groups in total. The highest BCUT2D eigenvalue weighted by Crippen LogP contribution is 2.46. The third kappa shape index (κ3) is 5.02. The van der Waals surface area contributed by atoms with Crippen LogP contribution in [0.15, 0.2) is 33.5 Å². The molecule has 0 saturated heterocycles. The van der Waals surface area contributed by atoms with Crippen molar-refractivity contribution in [1.82, 2.24) is 19.9 Å². The van der Waals surface area contributed by atoms with Crippen LogP contribution in [0.4, 0.5) is 17.6 Å². The minimum absolute atomic E-state index is 0.0571. The van der Waals surface area contributed by atoms with Gasteiger partial charge in [0.1, 0.15) is 5.58 Å². The Labute approximate surface area is 224 Å². The lowest BCUT2D eigenvalue weighted by Gasteiger charge is -2.24. The summed E-state index contributed by atoms with van der Waals surface area (Å²) in [6.45, 7) is 5.73. The lowest BCUT2D eigenvalue weighted by Crippen LogP contribution is -2.22. The molecule has 0 spiro atoms. The zero-order valence-corrected chi connectivity index (χ0v) is 22.6. The average Bonchev–Trinajstić information content (AvgIpc) is 2.94. The Morgan fingerprint density at radius 1 is 0.795 bits per heavy atom. The van der Waals surface area contributed by atoms with E-state index >= 15 is 0 Å². The van der Waals surface area contributed by atoms with E-state index < -0.39 is 11.5 Å². The number of ether oxygens (including phenoxy) is 4. The number of aromatic nitrogens is 4. The van der Waals surface area contributed by atoms with Crippen LogP contribution < -0.4 is 40.9 Å². The van der Waals surface area contributed by atoms with Crippen molar-refractivity contribution in [2.45, 2.75) is 19.8 Å². The molecule has 0 aliphatic carbocycles. The molecule has 0 radical (unpaired) electrons. The van der Waals surface area contributed by atoms with E-state index in [-0.39, 0.29) is 52.1 Å². The predicted molar refractivity (Wildman–Crippen MR) is 146 cm³/mol. The molecule has 0 saturated carbocycles. The molecule has 0 amide bonds. The number of nitrogens with zero attached hydrogens (tertiary/aromatic N) is 5. The van der Waals surface area contributed by atoms with Crippen LogP contribution in [0.1, 0.15) is 36.5 Å². The SMILES string of the molecule is CCN(CC)c1ccc2cc(C(c3c(OC)nc(N)nc3OC)c3c(OC)nc(N)nc3OC)c(=O)oc2c1. The average molecular weight is 538 g/mol. The van der Waals surface area contributed by atoms with Gasteiger partial charge >= 0.3 is 5.63 Å². The van der Waals surface area contributed by atoms with Crippen molar-refractivity contribution in [3.63, 3.8) is 0 Å². The number of benzene rings is 1. The Morgan fingerprint density at radius 3 is 1.67 bits per heavy atom. The Kier molecular flexibility index (Phi) is 7.88. The molecule has 0 atom stereocenters. The third-order valence-electron chi connectivity index (χ3n) is 6.32. The van der Waals surface area contributed by atoms with Crippen molar-refractivity contribution in [1.29, 1.82) is 0 Å². The Bertz CT molecular complexity index is 1440. The van der Waals surface area contributed by atoms with Gasteiger partial charge < -0.3 is 39.7 Å². The van der Waals surface area contributed by atoms with E-state index in [9.17, 15) is 4.79 Å². The first-order valence-corrected chi connectivity index (χ1v) is 12.1. The second kappa shape index (κ2) is 11.3. The monoisotopic (exact) mass is 537 g/mol. The minimum atomic E-state index is -1.04. The summed E-state index contributed by atoms with van der Waals surface area (Å²) in [5.41, 5.74) is 13.2. The van der Waals surface area contributed by atoms with Crippen molar-refractivity contribution in [2.24, 2.45) is 0 Å². The summed E-state index contributed by atoms with van der Waals surface area (Å²) in [4.78, 5) is 32.7. The van der Waals surface area contributed by atoms with Crippen LogP contribution in [0.3, 0.4) is 0 Å². The van der Waals surface area contributed by atoms with Gasteiger partial charge in [0, 0.05) is 30.2 Å².